The van der Waals surface area contributed by atoms with E-state index in [9.17, 15) is 9.18 Å². The molecule has 2 atom stereocenters. The third kappa shape index (κ3) is 3.66. The highest BCUT2D eigenvalue weighted by molar-refractivity contribution is 5.95. The Morgan fingerprint density at radius 3 is 2.52 bits per heavy atom. The van der Waals surface area contributed by atoms with Crippen molar-refractivity contribution in [1.82, 2.24) is 20.7 Å². The van der Waals surface area contributed by atoms with E-state index in [4.69, 9.17) is 9.47 Å². The van der Waals surface area contributed by atoms with Gasteiger partial charge in [0.15, 0.2) is 11.5 Å². The highest BCUT2D eigenvalue weighted by Gasteiger charge is 2.32. The lowest BCUT2D eigenvalue weighted by Crippen LogP contribution is -2.55. The first kappa shape index (κ1) is 18.4. The zero-order valence-electron chi connectivity index (χ0n) is 15.9. The van der Waals surface area contributed by atoms with Crippen LogP contribution in [0.3, 0.4) is 0 Å². The summed E-state index contributed by atoms with van der Waals surface area (Å²) in [6.45, 7) is 3.14. The molecular weight excluding hydrogens is 375 g/mol. The number of fused-ring (bicyclic) bond motifs is 1. The minimum atomic E-state index is -0.223. The molecule has 152 valence electrons. The Bertz CT molecular complexity index is 899. The van der Waals surface area contributed by atoms with Crippen LogP contribution in [0.2, 0.25) is 0 Å². The van der Waals surface area contributed by atoms with Crippen molar-refractivity contribution >= 4 is 5.91 Å². The molecule has 0 radical (unpaired) electrons. The van der Waals surface area contributed by atoms with Gasteiger partial charge in [0, 0.05) is 37.8 Å². The summed E-state index contributed by atoms with van der Waals surface area (Å²) >= 11 is 0. The lowest BCUT2D eigenvalue weighted by molar-refractivity contribution is 0.0544. The van der Waals surface area contributed by atoms with Crippen molar-refractivity contribution < 1.29 is 18.7 Å². The first-order valence-electron chi connectivity index (χ1n) is 9.87. The number of hydrogen-bond donors (Lipinski definition) is 2. The molecule has 29 heavy (non-hydrogen) atoms. The van der Waals surface area contributed by atoms with Crippen LogP contribution in [-0.4, -0.2) is 54.8 Å². The molecule has 3 heterocycles. The molecule has 2 saturated heterocycles. The van der Waals surface area contributed by atoms with E-state index in [-0.39, 0.29) is 30.7 Å². The van der Waals surface area contributed by atoms with Gasteiger partial charge < -0.3 is 14.4 Å². The number of nitrogens with zero attached hydrogens (tertiary/aromatic N) is 2. The summed E-state index contributed by atoms with van der Waals surface area (Å²) in [5, 5.41) is 0. The van der Waals surface area contributed by atoms with E-state index in [0.29, 0.717) is 30.2 Å². The van der Waals surface area contributed by atoms with Crippen molar-refractivity contribution in [2.75, 3.05) is 33.0 Å². The van der Waals surface area contributed by atoms with Gasteiger partial charge in [0.05, 0.1) is 6.17 Å². The quantitative estimate of drug-likeness (QED) is 0.823. The van der Waals surface area contributed by atoms with E-state index in [1.54, 1.807) is 18.2 Å². The fourth-order valence-electron chi connectivity index (χ4n) is 4.14. The highest BCUT2D eigenvalue weighted by atomic mass is 19.1. The molecule has 2 aromatic rings. The number of piperazine rings is 1. The number of rotatable bonds is 3. The van der Waals surface area contributed by atoms with E-state index < -0.39 is 0 Å². The van der Waals surface area contributed by atoms with Crippen LogP contribution < -0.4 is 20.3 Å². The topological polar surface area (TPSA) is 66.1 Å². The van der Waals surface area contributed by atoms with Crippen LogP contribution in [0, 0.1) is 5.82 Å². The summed E-state index contributed by atoms with van der Waals surface area (Å²) in [5.41, 5.74) is 8.34. The second kappa shape index (κ2) is 7.62. The zero-order chi connectivity index (χ0) is 19.8. The van der Waals surface area contributed by atoms with Crippen LogP contribution in [0.15, 0.2) is 42.5 Å². The molecule has 0 aliphatic carbocycles. The van der Waals surface area contributed by atoms with Gasteiger partial charge in [0.25, 0.3) is 5.91 Å². The maximum absolute atomic E-state index is 13.1. The van der Waals surface area contributed by atoms with Gasteiger partial charge in [-0.2, -0.15) is 0 Å². The van der Waals surface area contributed by atoms with E-state index in [1.807, 2.05) is 17.0 Å². The van der Waals surface area contributed by atoms with Crippen LogP contribution in [0.1, 0.15) is 28.4 Å². The number of amides is 1. The normalized spacial score (nSPS) is 24.1. The highest BCUT2D eigenvalue weighted by Crippen LogP contribution is 2.33. The summed E-state index contributed by atoms with van der Waals surface area (Å²) in [5.74, 6) is 1.11. The summed E-state index contributed by atoms with van der Waals surface area (Å²) in [6.07, 6.45) is 1.08. The summed E-state index contributed by atoms with van der Waals surface area (Å²) in [4.78, 5) is 17.1. The minimum absolute atomic E-state index is 0.0182. The monoisotopic (exact) mass is 398 g/mol. The second-order valence-corrected chi connectivity index (χ2v) is 7.54. The van der Waals surface area contributed by atoms with Crippen LogP contribution in [0.5, 0.6) is 11.5 Å². The smallest absolute Gasteiger partial charge is 0.254 e. The van der Waals surface area contributed by atoms with Gasteiger partial charge in [-0.3, -0.25) is 9.69 Å². The van der Waals surface area contributed by atoms with Crippen molar-refractivity contribution in [1.29, 1.82) is 0 Å². The van der Waals surface area contributed by atoms with E-state index >= 15 is 0 Å². The Kier molecular flexibility index (Phi) is 4.83. The molecule has 7 nitrogen and oxygen atoms in total. The van der Waals surface area contributed by atoms with Crippen molar-refractivity contribution in [3.63, 3.8) is 0 Å². The standard InChI is InChI=1S/C21H23FN4O3/c22-16-4-1-14(2-5-16)17-12-20(24-23-17)25-7-9-26(10-8-25)21(27)15-3-6-18-19(11-15)29-13-28-18/h1-6,11,17,20,23-24H,7-10,12-13H2. The lowest BCUT2D eigenvalue weighted by atomic mass is 10.0. The van der Waals surface area contributed by atoms with Gasteiger partial charge in [-0.15, -0.1) is 0 Å². The zero-order valence-corrected chi connectivity index (χ0v) is 15.9. The Morgan fingerprint density at radius 1 is 0.966 bits per heavy atom. The van der Waals surface area contributed by atoms with Gasteiger partial charge in [-0.25, -0.2) is 15.2 Å². The molecule has 0 aromatic heterocycles. The molecule has 0 saturated carbocycles. The Hall–Kier alpha value is -2.68. The van der Waals surface area contributed by atoms with Gasteiger partial charge in [-0.05, 0) is 42.3 Å². The third-order valence-electron chi connectivity index (χ3n) is 5.82. The van der Waals surface area contributed by atoms with Crippen LogP contribution in [-0.2, 0) is 0 Å². The van der Waals surface area contributed by atoms with Gasteiger partial charge in [0.2, 0.25) is 6.79 Å². The van der Waals surface area contributed by atoms with Crippen molar-refractivity contribution in [2.45, 2.75) is 18.6 Å². The molecule has 1 amide bonds. The van der Waals surface area contributed by atoms with E-state index in [0.717, 1.165) is 25.1 Å². The fraction of sp³-hybridized carbons (Fsp3) is 0.381. The Balaban J connectivity index is 1.17. The number of carbonyl (C=O) groups is 1. The maximum atomic E-state index is 13.1. The molecule has 2 unspecified atom stereocenters. The Labute approximate surface area is 168 Å². The van der Waals surface area contributed by atoms with E-state index in [1.165, 1.54) is 12.1 Å². The average molecular weight is 398 g/mol. The predicted molar refractivity (Wildman–Crippen MR) is 104 cm³/mol. The number of hydrogen-bond acceptors (Lipinski definition) is 6. The first-order chi connectivity index (χ1) is 14.2. The van der Waals surface area contributed by atoms with Crippen molar-refractivity contribution in [3.05, 3.63) is 59.4 Å². The summed E-state index contributed by atoms with van der Waals surface area (Å²) in [7, 11) is 0. The Morgan fingerprint density at radius 2 is 1.72 bits per heavy atom. The molecule has 2 fully saturated rings. The van der Waals surface area contributed by atoms with E-state index in [2.05, 4.69) is 15.8 Å². The van der Waals surface area contributed by atoms with Gasteiger partial charge in [-0.1, -0.05) is 12.1 Å². The summed E-state index contributed by atoms with van der Waals surface area (Å²) in [6, 6.07) is 12.1. The summed E-state index contributed by atoms with van der Waals surface area (Å²) < 4.78 is 23.8. The average Bonchev–Trinajstić information content (AvgIpc) is 3.43. The number of hydrazine groups is 1. The minimum Gasteiger partial charge on any atom is -0.454 e. The number of ether oxygens (including phenoxy) is 2. The van der Waals surface area contributed by atoms with Crippen LogP contribution >= 0.6 is 0 Å². The second-order valence-electron chi connectivity index (χ2n) is 7.54. The predicted octanol–water partition coefficient (Wildman–Crippen LogP) is 1.88. The van der Waals surface area contributed by atoms with Crippen LogP contribution in [0.25, 0.3) is 0 Å². The number of benzene rings is 2. The molecule has 0 spiro atoms. The molecule has 3 aliphatic heterocycles. The van der Waals surface area contributed by atoms with Crippen LogP contribution in [0.4, 0.5) is 4.39 Å². The first-order valence-corrected chi connectivity index (χ1v) is 9.87. The molecule has 3 aliphatic rings. The molecule has 5 rings (SSSR count). The maximum Gasteiger partial charge on any atom is 0.254 e. The fourth-order valence-corrected chi connectivity index (χ4v) is 4.14. The number of nitrogens with one attached hydrogen (secondary N) is 2. The molecule has 0 bridgehead atoms. The number of halogens is 1. The van der Waals surface area contributed by atoms with Gasteiger partial charge >= 0.3 is 0 Å². The molecule has 8 heteroatoms. The SMILES string of the molecule is O=C(c1ccc2c(c1)OCO2)N1CCN(C2CC(c3ccc(F)cc3)NN2)CC1. The molecule has 2 aromatic carbocycles. The van der Waals surface area contributed by atoms with Crippen molar-refractivity contribution in [2.24, 2.45) is 0 Å². The third-order valence-corrected chi connectivity index (χ3v) is 5.82. The van der Waals surface area contributed by atoms with Gasteiger partial charge in [0.1, 0.15) is 5.82 Å². The molecular formula is C21H23FN4O3. The largest absolute Gasteiger partial charge is 0.454 e. The number of carbonyl (C=O) groups excluding carboxylic acids is 1. The van der Waals surface area contributed by atoms with Crippen molar-refractivity contribution in [3.8, 4) is 11.5 Å². The lowest BCUT2D eigenvalue weighted by Gasteiger charge is -2.37. The molecule has 2 N–H and O–H groups in total.